The van der Waals surface area contributed by atoms with Crippen LogP contribution in [0.2, 0.25) is 0 Å². The SMILES string of the molecule is C=C[C@@H]1C[C@]1(CC(=O)[C@@H]1C[C@@H](Oc2cc(-c3csc(NC(C)C)n3)nc3cc(OC)ccc23)CN1C(=O)[C@@H](CC(=O)OC1CCCC1)C(C)(C)C)P(=O)(O)CCO. The third-order valence-corrected chi connectivity index (χ3v) is 15.3. The van der Waals surface area contributed by atoms with Crippen LogP contribution in [0, 0.1) is 17.3 Å². The van der Waals surface area contributed by atoms with Crippen LogP contribution in [-0.4, -0.2) is 98.4 Å². The smallest absolute Gasteiger partial charge is 0.306 e. The van der Waals surface area contributed by atoms with Crippen LogP contribution in [-0.2, 0) is 23.7 Å². The summed E-state index contributed by atoms with van der Waals surface area (Å²) in [6.45, 7) is 13.1. The van der Waals surface area contributed by atoms with Crippen LogP contribution in [0.25, 0.3) is 22.3 Å². The Morgan fingerprint density at radius 1 is 1.14 bits per heavy atom. The number of thiazole rings is 1. The molecule has 3 N–H and O–H groups in total. The van der Waals surface area contributed by atoms with Gasteiger partial charge in [-0.15, -0.1) is 17.9 Å². The number of likely N-dealkylation sites (tertiary alicyclic amines) is 1. The second kappa shape index (κ2) is 17.2. The molecule has 310 valence electrons. The van der Waals surface area contributed by atoms with Crippen molar-refractivity contribution in [2.45, 2.75) is 115 Å². The van der Waals surface area contributed by atoms with E-state index < -0.39 is 48.6 Å². The van der Waals surface area contributed by atoms with Crippen LogP contribution in [0.5, 0.6) is 11.5 Å². The number of anilines is 1. The number of hydrogen-bond donors (Lipinski definition) is 3. The number of carbonyl (C=O) groups excluding carboxylic acids is 3. The van der Waals surface area contributed by atoms with Gasteiger partial charge in [-0.1, -0.05) is 26.8 Å². The van der Waals surface area contributed by atoms with Gasteiger partial charge in [0.15, 0.2) is 10.9 Å². The predicted octanol–water partition coefficient (Wildman–Crippen LogP) is 7.24. The number of amides is 1. The van der Waals surface area contributed by atoms with Crippen molar-refractivity contribution in [2.75, 3.05) is 31.7 Å². The van der Waals surface area contributed by atoms with Crippen molar-refractivity contribution >= 4 is 52.4 Å². The number of nitrogens with zero attached hydrogens (tertiary/aromatic N) is 3. The number of aromatic nitrogens is 2. The van der Waals surface area contributed by atoms with Gasteiger partial charge in [0.2, 0.25) is 13.3 Å². The Hall–Kier alpha value is -3.84. The molecule has 0 bridgehead atoms. The van der Waals surface area contributed by atoms with E-state index in [9.17, 15) is 28.9 Å². The van der Waals surface area contributed by atoms with Crippen LogP contribution in [0.15, 0.2) is 42.3 Å². The fourth-order valence-electron chi connectivity index (χ4n) is 8.35. The monoisotopic (exact) mass is 824 g/mol. The first kappa shape index (κ1) is 42.8. The highest BCUT2D eigenvalue weighted by Crippen LogP contribution is 2.72. The molecule has 0 spiro atoms. The van der Waals surface area contributed by atoms with Crippen LogP contribution >= 0.6 is 18.7 Å². The highest BCUT2D eigenvalue weighted by Gasteiger charge is 2.65. The summed E-state index contributed by atoms with van der Waals surface area (Å²) in [4.78, 5) is 65.0. The van der Waals surface area contributed by atoms with Gasteiger partial charge >= 0.3 is 5.97 Å². The first-order valence-electron chi connectivity index (χ1n) is 19.9. The van der Waals surface area contributed by atoms with Gasteiger partial charge < -0.3 is 34.4 Å². The molecule has 1 aromatic carbocycles. The van der Waals surface area contributed by atoms with E-state index >= 15 is 0 Å². The minimum atomic E-state index is -3.98. The Bertz CT molecular complexity index is 2030. The van der Waals surface area contributed by atoms with Crippen molar-refractivity contribution in [2.24, 2.45) is 17.3 Å². The molecule has 6 atom stereocenters. The molecule has 3 aliphatic rings. The minimum Gasteiger partial charge on any atom is -0.497 e. The molecular weight excluding hydrogens is 768 g/mol. The molecule has 15 heteroatoms. The van der Waals surface area contributed by atoms with E-state index in [2.05, 4.69) is 11.9 Å². The fraction of sp³-hybridized carbons (Fsp3) is 0.595. The number of methoxy groups -OCH3 is 1. The zero-order valence-corrected chi connectivity index (χ0v) is 35.6. The molecule has 3 heterocycles. The molecule has 2 saturated carbocycles. The van der Waals surface area contributed by atoms with Crippen molar-refractivity contribution in [3.63, 3.8) is 0 Å². The van der Waals surface area contributed by atoms with Crippen molar-refractivity contribution < 1.29 is 43.2 Å². The van der Waals surface area contributed by atoms with Crippen LogP contribution in [0.4, 0.5) is 5.13 Å². The highest BCUT2D eigenvalue weighted by atomic mass is 32.1. The number of aliphatic hydroxyl groups is 1. The molecule has 1 unspecified atom stereocenters. The standard InChI is InChI=1S/C42H57N4O9PS/c1-8-26-21-42(26,56(51,52)16-15-47)22-36(48)35-18-29(23-46(35)39(50)31(41(4,5)6)19-38(49)55-27-11-9-10-12-27)54-37-20-33(34-24-57-40(45-34)43-25(2)3)44-32-17-28(53-7)13-14-30(32)37/h8,13-14,17,20,24-27,29,31,35,47H,1,9-12,15-16,18-19,21-23H2,2-7H3,(H,43,45)(H,51,52)/t26-,29-,31-,35+,42-/m1/s1. The second-order valence-corrected chi connectivity index (χ2v) is 20.8. The van der Waals surface area contributed by atoms with E-state index in [0.29, 0.717) is 33.8 Å². The Labute approximate surface area is 339 Å². The van der Waals surface area contributed by atoms with Crippen LogP contribution in [0.3, 0.4) is 0 Å². The lowest BCUT2D eigenvalue weighted by molar-refractivity contribution is -0.156. The van der Waals surface area contributed by atoms with Gasteiger partial charge in [-0.25, -0.2) is 9.97 Å². The molecule has 3 aromatic rings. The normalized spacial score (nSPS) is 23.9. The zero-order valence-electron chi connectivity index (χ0n) is 33.9. The maximum Gasteiger partial charge on any atom is 0.306 e. The quantitative estimate of drug-likeness (QED) is 0.0708. The number of pyridine rings is 1. The van der Waals surface area contributed by atoms with Crippen LogP contribution < -0.4 is 14.8 Å². The van der Waals surface area contributed by atoms with Crippen molar-refractivity contribution in [3.05, 3.63) is 42.3 Å². The average molecular weight is 825 g/mol. The first-order valence-corrected chi connectivity index (χ1v) is 22.7. The summed E-state index contributed by atoms with van der Waals surface area (Å²) < 4.78 is 31.7. The van der Waals surface area contributed by atoms with Gasteiger partial charge in [0, 0.05) is 47.9 Å². The zero-order chi connectivity index (χ0) is 41.3. The van der Waals surface area contributed by atoms with Gasteiger partial charge in [-0.2, -0.15) is 0 Å². The number of fused-ring (bicyclic) bond motifs is 1. The lowest BCUT2D eigenvalue weighted by Gasteiger charge is -2.35. The number of Topliss-reactive ketones (excluding diaryl/α,β-unsaturated/α-hetero) is 1. The van der Waals surface area contributed by atoms with Crippen molar-refractivity contribution in [1.82, 2.24) is 14.9 Å². The number of benzene rings is 1. The Balaban J connectivity index is 1.34. The molecule has 3 fully saturated rings. The number of ether oxygens (including phenoxy) is 3. The molecule has 1 saturated heterocycles. The third kappa shape index (κ3) is 9.40. The summed E-state index contributed by atoms with van der Waals surface area (Å²) in [6.07, 6.45) is 4.02. The number of aliphatic hydroxyl groups excluding tert-OH is 1. The van der Waals surface area contributed by atoms with Gasteiger partial charge in [0.25, 0.3) is 0 Å². The third-order valence-electron chi connectivity index (χ3n) is 11.7. The van der Waals surface area contributed by atoms with E-state index in [0.717, 1.165) is 30.8 Å². The number of allylic oxidation sites excluding steroid dienone is 1. The van der Waals surface area contributed by atoms with E-state index in [1.807, 2.05) is 64.3 Å². The lowest BCUT2D eigenvalue weighted by Crippen LogP contribution is -2.48. The highest BCUT2D eigenvalue weighted by molar-refractivity contribution is 7.60. The lowest BCUT2D eigenvalue weighted by atomic mass is 9.77. The van der Waals surface area contributed by atoms with Crippen molar-refractivity contribution in [1.29, 1.82) is 0 Å². The molecule has 0 radical (unpaired) electrons. The summed E-state index contributed by atoms with van der Waals surface area (Å²) in [5, 5.41) is 15.1. The fourth-order valence-corrected chi connectivity index (χ4v) is 11.4. The van der Waals surface area contributed by atoms with E-state index in [4.69, 9.17) is 24.2 Å². The maximum absolute atomic E-state index is 14.8. The number of carbonyl (C=O) groups is 3. The summed E-state index contributed by atoms with van der Waals surface area (Å²) >= 11 is 1.46. The molecule has 1 amide bonds. The van der Waals surface area contributed by atoms with E-state index in [1.54, 1.807) is 13.2 Å². The van der Waals surface area contributed by atoms with Crippen molar-refractivity contribution in [3.8, 4) is 22.9 Å². The number of esters is 1. The molecule has 1 aliphatic heterocycles. The number of nitrogens with one attached hydrogen (secondary N) is 1. The second-order valence-electron chi connectivity index (χ2n) is 17.2. The largest absolute Gasteiger partial charge is 0.497 e. The molecule has 13 nitrogen and oxygen atoms in total. The van der Waals surface area contributed by atoms with Gasteiger partial charge in [0.05, 0.1) is 55.0 Å². The van der Waals surface area contributed by atoms with Gasteiger partial charge in [-0.05, 0) is 69.4 Å². The van der Waals surface area contributed by atoms with E-state index in [-0.39, 0.29) is 68.1 Å². The average Bonchev–Trinajstić information content (AvgIpc) is 3.55. The predicted molar refractivity (Wildman–Crippen MR) is 221 cm³/mol. The molecule has 2 aromatic heterocycles. The molecule has 57 heavy (non-hydrogen) atoms. The first-order chi connectivity index (χ1) is 27.0. The summed E-state index contributed by atoms with van der Waals surface area (Å²) in [5.74, 6) is -1.29. The summed E-state index contributed by atoms with van der Waals surface area (Å²) in [5.41, 5.74) is 1.15. The van der Waals surface area contributed by atoms with Crippen LogP contribution in [0.1, 0.15) is 86.0 Å². The molecular formula is C42H57N4O9PS. The number of ketones is 1. The summed E-state index contributed by atoms with van der Waals surface area (Å²) in [6, 6.07) is 6.48. The molecule has 2 aliphatic carbocycles. The minimum absolute atomic E-state index is 0.0409. The number of hydrogen-bond acceptors (Lipinski definition) is 12. The number of rotatable bonds is 17. The Morgan fingerprint density at radius 3 is 2.51 bits per heavy atom. The van der Waals surface area contributed by atoms with Gasteiger partial charge in [-0.3, -0.25) is 18.9 Å². The van der Waals surface area contributed by atoms with Gasteiger partial charge in [0.1, 0.15) is 29.4 Å². The topological polar surface area (TPSA) is 177 Å². The summed E-state index contributed by atoms with van der Waals surface area (Å²) in [7, 11) is -2.41. The van der Waals surface area contributed by atoms with E-state index in [1.165, 1.54) is 16.2 Å². The Morgan fingerprint density at radius 2 is 1.88 bits per heavy atom. The maximum atomic E-state index is 14.8. The molecule has 6 rings (SSSR count). The Kier molecular flexibility index (Phi) is 12.9.